The van der Waals surface area contributed by atoms with Gasteiger partial charge in [-0.2, -0.15) is 0 Å². The van der Waals surface area contributed by atoms with Gasteiger partial charge in [-0.15, -0.1) is 5.73 Å². The highest BCUT2D eigenvalue weighted by Gasteiger charge is 2.01. The maximum atomic E-state index is 10.9. The molecular weight excluding hydrogens is 426 g/mol. The van der Waals surface area contributed by atoms with Gasteiger partial charge < -0.3 is 15.3 Å². The predicted molar refractivity (Wildman–Crippen MR) is 123 cm³/mol. The number of hydrogen-bond donors (Lipinski definition) is 3. The highest BCUT2D eigenvalue weighted by atomic mass is 31.0. The minimum Gasteiger partial charge on any atom is -0.337 e. The van der Waals surface area contributed by atoms with Crippen molar-refractivity contribution < 1.29 is 30.1 Å². The van der Waals surface area contributed by atoms with Crippen molar-refractivity contribution >= 4 is 57.5 Å². The van der Waals surface area contributed by atoms with Gasteiger partial charge in [0.25, 0.3) is 11.8 Å². The lowest BCUT2D eigenvalue weighted by atomic mass is 10.2. The van der Waals surface area contributed by atoms with E-state index in [0.717, 1.165) is 0 Å². The molecule has 0 aromatic heterocycles. The molecule has 28 heavy (non-hydrogen) atoms. The zero-order valence-electron chi connectivity index (χ0n) is 15.9. The average Bonchev–Trinajstić information content (AvgIpc) is 2.59. The summed E-state index contributed by atoms with van der Waals surface area (Å²) in [5, 5.41) is 6.80. The highest BCUT2D eigenvalue weighted by Crippen LogP contribution is 1.96. The van der Waals surface area contributed by atoms with Crippen LogP contribution in [0.3, 0.4) is 0 Å². The Balaban J connectivity index is -0.0000000686. The fraction of sp³-hybridized carbons (Fsp3) is 0.375. The number of rotatable bonds is 4. The lowest BCUT2D eigenvalue weighted by Gasteiger charge is -1.94. The first kappa shape index (κ1) is 37.0. The van der Waals surface area contributed by atoms with Crippen LogP contribution in [0, 0.1) is 0 Å². The largest absolute Gasteiger partial charge is 0.337 e. The summed E-state index contributed by atoms with van der Waals surface area (Å²) in [6, 6.07) is 0. The van der Waals surface area contributed by atoms with Crippen molar-refractivity contribution in [2.75, 3.05) is 0 Å². The molecule has 0 rings (SSSR count). The van der Waals surface area contributed by atoms with Gasteiger partial charge in [0.1, 0.15) is 0 Å². The van der Waals surface area contributed by atoms with Crippen LogP contribution in [0.1, 0.15) is 43.5 Å². The molecule has 3 unspecified atom stereocenters. The first-order chi connectivity index (χ1) is 11.8. The average molecular weight is 459 g/mol. The number of nitrogens with one attached hydrogen (secondary N) is 3. The van der Waals surface area contributed by atoms with Gasteiger partial charge >= 0.3 is 0 Å². The normalized spacial score (nSPS) is 7.43. The molecule has 0 saturated carbocycles. The molecule has 0 aliphatic rings. The van der Waals surface area contributed by atoms with Crippen LogP contribution in [-0.2, 0) is 24.0 Å². The smallest absolute Gasteiger partial charge is 0.289 e. The van der Waals surface area contributed by atoms with Crippen molar-refractivity contribution in [2.24, 2.45) is 0 Å². The molecule has 0 fully saturated rings. The third-order valence-electron chi connectivity index (χ3n) is 2.34. The lowest BCUT2D eigenvalue weighted by Crippen LogP contribution is -2.19. The van der Waals surface area contributed by atoms with Crippen LogP contribution in [-0.4, -0.2) is 29.3 Å². The van der Waals surface area contributed by atoms with Crippen LogP contribution in [0.4, 0.5) is 4.70 Å². The van der Waals surface area contributed by atoms with E-state index in [-0.39, 0.29) is 31.2 Å². The van der Waals surface area contributed by atoms with Crippen molar-refractivity contribution in [2.45, 2.75) is 42.0 Å². The summed E-state index contributed by atoms with van der Waals surface area (Å²) in [6.07, 6.45) is 0. The minimum atomic E-state index is -0.579. The Morgan fingerprint density at radius 2 is 1.07 bits per heavy atom. The Morgan fingerprint density at radius 3 is 1.21 bits per heavy atom. The number of halogens is 1. The molecule has 0 spiro atoms. The van der Waals surface area contributed by atoms with E-state index in [1.54, 1.807) is 20.8 Å². The third kappa shape index (κ3) is 22.3. The number of ketones is 2. The molecule has 0 aliphatic heterocycles. The SMILES string of the molecule is C.C=C(C)C(=O)NP.CC(=O)C(=O)NP.CC(=O)C(C)=C=C(C)C(=O)NP.F.[HH]. The molecule has 0 aromatic carbocycles. The highest BCUT2D eigenvalue weighted by molar-refractivity contribution is 7.15. The van der Waals surface area contributed by atoms with Gasteiger partial charge in [-0.3, -0.25) is 28.7 Å². The molecular formula is C16H33FN3O5P3. The molecule has 0 aliphatic carbocycles. The second kappa shape index (κ2) is 21.5. The third-order valence-corrected chi connectivity index (χ3v) is 3.13. The molecule has 0 saturated heterocycles. The van der Waals surface area contributed by atoms with Crippen molar-refractivity contribution in [3.8, 4) is 0 Å². The Bertz CT molecular complexity index is 626. The van der Waals surface area contributed by atoms with Gasteiger partial charge in [-0.1, -0.05) is 14.0 Å². The van der Waals surface area contributed by atoms with Gasteiger partial charge in [0.05, 0.1) is 5.57 Å². The molecule has 0 aromatic rings. The van der Waals surface area contributed by atoms with Crippen molar-refractivity contribution in [3.05, 3.63) is 29.0 Å². The lowest BCUT2D eigenvalue weighted by molar-refractivity contribution is -0.135. The summed E-state index contributed by atoms with van der Waals surface area (Å²) in [7, 11) is 6.14. The number of Topliss-reactive ketones (excluding diaryl/α,β-unsaturated/α-hetero) is 2. The molecule has 12 heteroatoms. The zero-order chi connectivity index (χ0) is 21.4. The van der Waals surface area contributed by atoms with E-state index in [0.29, 0.717) is 16.7 Å². The summed E-state index contributed by atoms with van der Waals surface area (Å²) < 4.78 is 0. The quantitative estimate of drug-likeness (QED) is 0.257. The van der Waals surface area contributed by atoms with E-state index in [4.69, 9.17) is 0 Å². The fourth-order valence-corrected chi connectivity index (χ4v) is 1.43. The van der Waals surface area contributed by atoms with E-state index in [1.165, 1.54) is 13.8 Å². The van der Waals surface area contributed by atoms with Crippen molar-refractivity contribution in [3.63, 3.8) is 0 Å². The minimum absolute atomic E-state index is 0. The van der Waals surface area contributed by atoms with Gasteiger partial charge in [-0.25, -0.2) is 0 Å². The predicted octanol–water partition coefficient (Wildman–Crippen LogP) is 1.96. The second-order valence-electron chi connectivity index (χ2n) is 4.69. The Hall–Kier alpha value is -1.77. The molecule has 0 bridgehead atoms. The van der Waals surface area contributed by atoms with Crippen LogP contribution < -0.4 is 15.3 Å². The van der Waals surface area contributed by atoms with Gasteiger partial charge in [0.15, 0.2) is 5.78 Å². The van der Waals surface area contributed by atoms with Gasteiger partial charge in [0.2, 0.25) is 11.7 Å². The van der Waals surface area contributed by atoms with Crippen LogP contribution in [0.15, 0.2) is 29.0 Å². The molecule has 8 nitrogen and oxygen atoms in total. The molecule has 0 heterocycles. The van der Waals surface area contributed by atoms with E-state index in [2.05, 4.69) is 46.4 Å². The number of carbonyl (C=O) groups excluding carboxylic acids is 5. The number of carbonyl (C=O) groups is 5. The van der Waals surface area contributed by atoms with E-state index in [9.17, 15) is 24.0 Å². The molecule has 3 atom stereocenters. The Kier molecular flexibility index (Phi) is 28.5. The van der Waals surface area contributed by atoms with Gasteiger partial charge in [-0.05, 0) is 55.9 Å². The van der Waals surface area contributed by atoms with Crippen LogP contribution in [0.2, 0.25) is 0 Å². The van der Waals surface area contributed by atoms with Gasteiger partial charge in [0, 0.05) is 19.5 Å². The Morgan fingerprint density at radius 1 is 0.714 bits per heavy atom. The van der Waals surface area contributed by atoms with E-state index < -0.39 is 11.7 Å². The molecule has 3 N–H and O–H groups in total. The van der Waals surface area contributed by atoms with E-state index >= 15 is 0 Å². The molecule has 0 radical (unpaired) electrons. The van der Waals surface area contributed by atoms with Crippen LogP contribution in [0.25, 0.3) is 0 Å². The summed E-state index contributed by atoms with van der Waals surface area (Å²) in [5.74, 6) is -1.52. The van der Waals surface area contributed by atoms with Crippen molar-refractivity contribution in [1.29, 1.82) is 0 Å². The second-order valence-corrected chi connectivity index (χ2v) is 5.55. The van der Waals surface area contributed by atoms with Crippen LogP contribution >= 0.6 is 28.2 Å². The molecule has 164 valence electrons. The first-order valence-electron chi connectivity index (χ1n) is 6.99. The summed E-state index contributed by atoms with van der Waals surface area (Å²) in [5.41, 5.74) is 4.07. The first-order valence-corrected chi connectivity index (χ1v) is 8.72. The Labute approximate surface area is 174 Å². The van der Waals surface area contributed by atoms with E-state index in [1.807, 2.05) is 9.39 Å². The summed E-state index contributed by atoms with van der Waals surface area (Å²) in [4.78, 5) is 51.9. The van der Waals surface area contributed by atoms with Crippen molar-refractivity contribution in [1.82, 2.24) is 15.3 Å². The summed E-state index contributed by atoms with van der Waals surface area (Å²) in [6.45, 7) is 10.9. The maximum absolute atomic E-state index is 10.9. The standard InChI is InChI=1S/C8H12NO2P.C4H8NOP.C3H6NO2P.CH4.FH.H2/c1-5(7(3)10)4-6(2)8(11)9-12;1-3(2)4(6)5-7;1-2(5)3(6)4-7;;;/h12H2,1-3H3,(H,9,11);1,7H2,2H3,(H,5,6);7H2,1H3,(H,4,6);1H4;2*1H. The molecule has 3 amide bonds. The number of amides is 3. The monoisotopic (exact) mass is 459 g/mol. The zero-order valence-corrected chi connectivity index (χ0v) is 19.4. The topological polar surface area (TPSA) is 121 Å². The van der Waals surface area contributed by atoms with Crippen LogP contribution in [0.5, 0.6) is 0 Å². The summed E-state index contributed by atoms with van der Waals surface area (Å²) >= 11 is 0. The number of hydrogen-bond acceptors (Lipinski definition) is 5. The maximum Gasteiger partial charge on any atom is 0.289 e. The fourth-order valence-electron chi connectivity index (χ4n) is 0.759.